The van der Waals surface area contributed by atoms with E-state index in [0.717, 1.165) is 22.5 Å². The van der Waals surface area contributed by atoms with Crippen LogP contribution in [0.4, 0.5) is 0 Å². The molecular weight excluding hydrogens is 336 g/mol. The van der Waals surface area contributed by atoms with Crippen molar-refractivity contribution in [2.24, 2.45) is 0 Å². The predicted molar refractivity (Wildman–Crippen MR) is 107 cm³/mol. The van der Waals surface area contributed by atoms with Gasteiger partial charge in [0.25, 0.3) is 5.91 Å². The van der Waals surface area contributed by atoms with Crippen LogP contribution in [0.2, 0.25) is 0 Å². The number of carbonyl (C=O) groups is 1. The van der Waals surface area contributed by atoms with Gasteiger partial charge in [-0.05, 0) is 56.2 Å². The maximum Gasteiger partial charge on any atom is 0.270 e. The largest absolute Gasteiger partial charge is 0.346 e. The van der Waals surface area contributed by atoms with Gasteiger partial charge in [-0.15, -0.1) is 0 Å². The number of pyridine rings is 1. The number of amides is 1. The molecule has 3 heterocycles. The number of rotatable bonds is 3. The van der Waals surface area contributed by atoms with E-state index in [-0.39, 0.29) is 11.4 Å². The van der Waals surface area contributed by atoms with Gasteiger partial charge >= 0.3 is 0 Å². The molecule has 0 bridgehead atoms. The Bertz CT molecular complexity index is 1100. The molecule has 0 saturated carbocycles. The number of carbonyl (C=O) groups excluding carboxylic acids is 1. The van der Waals surface area contributed by atoms with Gasteiger partial charge in [-0.3, -0.25) is 4.79 Å². The van der Waals surface area contributed by atoms with E-state index in [1.165, 1.54) is 0 Å². The third-order valence-corrected chi connectivity index (χ3v) is 4.32. The van der Waals surface area contributed by atoms with Gasteiger partial charge in [-0.1, -0.05) is 36.4 Å². The van der Waals surface area contributed by atoms with Crippen molar-refractivity contribution in [2.45, 2.75) is 26.3 Å². The average molecular weight is 358 g/mol. The molecule has 1 aromatic carbocycles. The smallest absolute Gasteiger partial charge is 0.270 e. The minimum atomic E-state index is -0.312. The Hall–Kier alpha value is -3.34. The molecule has 4 rings (SSSR count). The molecule has 27 heavy (non-hydrogen) atoms. The van der Waals surface area contributed by atoms with Gasteiger partial charge in [0, 0.05) is 17.3 Å². The Morgan fingerprint density at radius 2 is 1.67 bits per heavy atom. The van der Waals surface area contributed by atoms with Crippen LogP contribution in [0.15, 0.2) is 73.1 Å². The maximum atomic E-state index is 12.7. The number of hydrogen-bond donors (Lipinski definition) is 1. The molecule has 0 radical (unpaired) electrons. The molecule has 0 fully saturated rings. The van der Waals surface area contributed by atoms with Crippen LogP contribution < -0.4 is 5.32 Å². The van der Waals surface area contributed by atoms with Gasteiger partial charge in [0.1, 0.15) is 11.5 Å². The molecule has 0 atom stereocenters. The van der Waals surface area contributed by atoms with E-state index in [9.17, 15) is 4.79 Å². The molecule has 5 heteroatoms. The molecule has 0 saturated heterocycles. The Morgan fingerprint density at radius 1 is 0.926 bits per heavy atom. The fourth-order valence-corrected chi connectivity index (χ4v) is 3.12. The third kappa shape index (κ3) is 3.36. The average Bonchev–Trinajstić information content (AvgIpc) is 3.27. The summed E-state index contributed by atoms with van der Waals surface area (Å²) in [5.41, 5.74) is 3.49. The zero-order valence-corrected chi connectivity index (χ0v) is 15.7. The monoisotopic (exact) mass is 358 g/mol. The number of aromatic nitrogens is 3. The van der Waals surface area contributed by atoms with Crippen molar-refractivity contribution in [1.82, 2.24) is 19.5 Å². The molecule has 0 spiro atoms. The molecule has 0 aliphatic carbocycles. The minimum Gasteiger partial charge on any atom is -0.346 e. The third-order valence-electron chi connectivity index (χ3n) is 4.32. The van der Waals surface area contributed by atoms with Gasteiger partial charge in [0.2, 0.25) is 0 Å². The first-order chi connectivity index (χ1) is 12.9. The first kappa shape index (κ1) is 17.1. The van der Waals surface area contributed by atoms with Crippen LogP contribution in [0.1, 0.15) is 31.3 Å². The molecule has 136 valence electrons. The second-order valence-corrected chi connectivity index (χ2v) is 7.60. The van der Waals surface area contributed by atoms with Gasteiger partial charge in [0.15, 0.2) is 0 Å². The fraction of sp³-hybridized carbons (Fsp3) is 0.182. The normalized spacial score (nSPS) is 11.7. The van der Waals surface area contributed by atoms with E-state index in [0.29, 0.717) is 5.69 Å². The van der Waals surface area contributed by atoms with Gasteiger partial charge in [-0.25, -0.2) is 4.68 Å². The quantitative estimate of drug-likeness (QED) is 0.593. The van der Waals surface area contributed by atoms with Crippen molar-refractivity contribution in [3.63, 3.8) is 0 Å². The maximum absolute atomic E-state index is 12.7. The lowest BCUT2D eigenvalue weighted by atomic mass is 10.1. The highest BCUT2D eigenvalue weighted by Gasteiger charge is 2.20. The number of hydrogen-bond acceptors (Lipinski definition) is 2. The van der Waals surface area contributed by atoms with E-state index in [1.807, 2.05) is 51.1 Å². The molecule has 0 aliphatic rings. The van der Waals surface area contributed by atoms with E-state index >= 15 is 0 Å². The lowest BCUT2D eigenvalue weighted by molar-refractivity contribution is 0.0911. The van der Waals surface area contributed by atoms with Crippen molar-refractivity contribution in [3.8, 4) is 16.9 Å². The van der Waals surface area contributed by atoms with E-state index in [2.05, 4.69) is 45.3 Å². The van der Waals surface area contributed by atoms with Crippen LogP contribution in [-0.4, -0.2) is 25.6 Å². The zero-order chi connectivity index (χ0) is 19.0. The first-order valence-electron chi connectivity index (χ1n) is 8.96. The van der Waals surface area contributed by atoms with Crippen LogP contribution in [0.25, 0.3) is 22.5 Å². The van der Waals surface area contributed by atoms with Crippen LogP contribution in [0.5, 0.6) is 0 Å². The van der Waals surface area contributed by atoms with E-state index in [1.54, 1.807) is 16.9 Å². The van der Waals surface area contributed by atoms with Crippen molar-refractivity contribution >= 4 is 11.4 Å². The standard InChI is InChI=1S/C22H22N4O/c1-22(2,3)24-21(27)19-13-14-23-26(19)20-12-11-18-10-9-17(15-25(18)20)16-7-5-4-6-8-16/h4-15H,1-3H3,(H,24,27). The minimum absolute atomic E-state index is 0.144. The molecule has 3 aromatic heterocycles. The molecule has 1 N–H and O–H groups in total. The number of nitrogens with zero attached hydrogens (tertiary/aromatic N) is 3. The number of benzene rings is 1. The molecule has 5 nitrogen and oxygen atoms in total. The van der Waals surface area contributed by atoms with E-state index in [4.69, 9.17) is 0 Å². The topological polar surface area (TPSA) is 51.3 Å². The lowest BCUT2D eigenvalue weighted by Crippen LogP contribution is -2.41. The van der Waals surface area contributed by atoms with Crippen LogP contribution in [0, 0.1) is 0 Å². The van der Waals surface area contributed by atoms with Gasteiger partial charge < -0.3 is 9.72 Å². The van der Waals surface area contributed by atoms with Crippen molar-refractivity contribution in [2.75, 3.05) is 0 Å². The summed E-state index contributed by atoms with van der Waals surface area (Å²) in [4.78, 5) is 12.7. The SMILES string of the molecule is CC(C)(C)NC(=O)c1ccnn1-c1ccc2ccc(-c3ccccc3)cn12. The first-order valence-corrected chi connectivity index (χ1v) is 8.96. The summed E-state index contributed by atoms with van der Waals surface area (Å²) in [6.07, 6.45) is 3.73. The summed E-state index contributed by atoms with van der Waals surface area (Å²) in [5.74, 6) is 0.681. The summed E-state index contributed by atoms with van der Waals surface area (Å²) in [6, 6.07) is 20.1. The second-order valence-electron chi connectivity index (χ2n) is 7.60. The van der Waals surface area contributed by atoms with Crippen molar-refractivity contribution < 1.29 is 4.79 Å². The summed E-state index contributed by atoms with van der Waals surface area (Å²) < 4.78 is 3.74. The summed E-state index contributed by atoms with van der Waals surface area (Å²) in [7, 11) is 0. The Kier molecular flexibility index (Phi) is 4.07. The Balaban J connectivity index is 1.80. The molecular formula is C22H22N4O. The molecule has 0 aliphatic heterocycles. The van der Waals surface area contributed by atoms with Crippen LogP contribution >= 0.6 is 0 Å². The Labute approximate surface area is 158 Å². The predicted octanol–water partition coefficient (Wildman–Crippen LogP) is 4.32. The highest BCUT2D eigenvalue weighted by atomic mass is 16.2. The number of nitrogens with one attached hydrogen (secondary N) is 1. The molecule has 4 aromatic rings. The molecule has 1 amide bonds. The molecule has 0 unspecified atom stereocenters. The zero-order valence-electron chi connectivity index (χ0n) is 15.7. The fourth-order valence-electron chi connectivity index (χ4n) is 3.12. The number of fused-ring (bicyclic) bond motifs is 1. The van der Waals surface area contributed by atoms with E-state index < -0.39 is 0 Å². The van der Waals surface area contributed by atoms with Gasteiger partial charge in [-0.2, -0.15) is 5.10 Å². The lowest BCUT2D eigenvalue weighted by Gasteiger charge is -2.20. The second kappa shape index (κ2) is 6.43. The van der Waals surface area contributed by atoms with Crippen LogP contribution in [0.3, 0.4) is 0 Å². The summed E-state index contributed by atoms with van der Waals surface area (Å²) in [6.45, 7) is 5.89. The van der Waals surface area contributed by atoms with Gasteiger partial charge in [0.05, 0.1) is 6.20 Å². The van der Waals surface area contributed by atoms with Crippen molar-refractivity contribution in [3.05, 3.63) is 78.8 Å². The Morgan fingerprint density at radius 3 is 2.41 bits per heavy atom. The van der Waals surface area contributed by atoms with Crippen LogP contribution in [-0.2, 0) is 0 Å². The van der Waals surface area contributed by atoms with Crippen molar-refractivity contribution in [1.29, 1.82) is 0 Å². The summed E-state index contributed by atoms with van der Waals surface area (Å²) in [5, 5.41) is 7.40. The summed E-state index contributed by atoms with van der Waals surface area (Å²) >= 11 is 0. The highest BCUT2D eigenvalue weighted by molar-refractivity contribution is 5.93. The highest BCUT2D eigenvalue weighted by Crippen LogP contribution is 2.23.